The smallest absolute Gasteiger partial charge is 0.243 e. The lowest BCUT2D eigenvalue weighted by atomic mass is 10.1. The Morgan fingerprint density at radius 2 is 2.00 bits per heavy atom. The van der Waals surface area contributed by atoms with Gasteiger partial charge >= 0.3 is 0 Å². The molecule has 2 heterocycles. The Balaban J connectivity index is 1.49. The van der Waals surface area contributed by atoms with Crippen LogP contribution in [-0.2, 0) is 16.1 Å². The molecule has 2 aliphatic heterocycles. The van der Waals surface area contributed by atoms with Gasteiger partial charge in [-0.25, -0.2) is 4.39 Å². The first-order valence-corrected chi connectivity index (χ1v) is 13.3. The highest BCUT2D eigenvalue weighted by Crippen LogP contribution is 2.29. The van der Waals surface area contributed by atoms with Gasteiger partial charge in [-0.2, -0.15) is 5.26 Å². The van der Waals surface area contributed by atoms with Gasteiger partial charge in [-0.15, -0.1) is 0 Å². The van der Waals surface area contributed by atoms with Gasteiger partial charge in [0.1, 0.15) is 24.2 Å². The summed E-state index contributed by atoms with van der Waals surface area (Å²) in [7, 11) is 0. The SMILES string of the molecule is N#CCC[C@H](C(=O)NCc1ccc(Cl)c(Cl)c1)N1CCC(COc2ccc(F)cc2)N2C[C@H](N)C[C@H]2C1=O. The topological polar surface area (TPSA) is 112 Å². The Morgan fingerprint density at radius 3 is 2.71 bits per heavy atom. The zero-order valence-corrected chi connectivity index (χ0v) is 22.3. The Kier molecular flexibility index (Phi) is 9.44. The van der Waals surface area contributed by atoms with Crippen molar-refractivity contribution in [1.29, 1.82) is 5.26 Å². The summed E-state index contributed by atoms with van der Waals surface area (Å²) in [6.45, 7) is 1.36. The highest BCUT2D eigenvalue weighted by Gasteiger charge is 2.45. The highest BCUT2D eigenvalue weighted by molar-refractivity contribution is 6.42. The standard InChI is InChI=1S/C27H30Cl2FN5O3/c28-22-8-3-17(12-23(22)29)14-33-26(36)24(2-1-10-31)34-11-9-20(16-38-21-6-4-18(30)5-7-21)35-15-19(32)13-25(35)27(34)37/h3-8,12,19-20,24-25H,1-2,9,11,13-16,32H2,(H,33,36)/t19-,20?,24-,25+/m1/s1. The average molecular weight is 562 g/mol. The minimum atomic E-state index is -0.805. The van der Waals surface area contributed by atoms with E-state index in [2.05, 4.69) is 16.3 Å². The molecular weight excluding hydrogens is 532 g/mol. The van der Waals surface area contributed by atoms with Gasteiger partial charge < -0.3 is 20.7 Å². The number of nitrogens with two attached hydrogens (primary N) is 1. The van der Waals surface area contributed by atoms with Gasteiger partial charge in [0.15, 0.2) is 0 Å². The Hall–Kier alpha value is -2.90. The Labute approximate surface area is 231 Å². The number of hydrogen-bond donors (Lipinski definition) is 2. The van der Waals surface area contributed by atoms with Crippen LogP contribution >= 0.6 is 23.2 Å². The minimum Gasteiger partial charge on any atom is -0.492 e. The van der Waals surface area contributed by atoms with Crippen molar-refractivity contribution in [3.8, 4) is 11.8 Å². The Morgan fingerprint density at radius 1 is 1.24 bits per heavy atom. The normalized spacial score (nSPS) is 22.3. The summed E-state index contributed by atoms with van der Waals surface area (Å²) in [6, 6.07) is 11.4. The maximum absolute atomic E-state index is 13.7. The van der Waals surface area contributed by atoms with Crippen molar-refractivity contribution in [3.05, 3.63) is 63.9 Å². The second-order valence-electron chi connectivity index (χ2n) is 9.63. The number of carbonyl (C=O) groups excluding carboxylic acids is 2. The van der Waals surface area contributed by atoms with Crippen molar-refractivity contribution in [1.82, 2.24) is 15.1 Å². The highest BCUT2D eigenvalue weighted by atomic mass is 35.5. The van der Waals surface area contributed by atoms with E-state index in [1.807, 2.05) is 0 Å². The molecule has 8 nitrogen and oxygen atoms in total. The van der Waals surface area contributed by atoms with Gasteiger partial charge in [-0.1, -0.05) is 29.3 Å². The first-order chi connectivity index (χ1) is 18.3. The van der Waals surface area contributed by atoms with E-state index in [-0.39, 0.29) is 49.1 Å². The monoisotopic (exact) mass is 561 g/mol. The summed E-state index contributed by atoms with van der Waals surface area (Å²) in [5, 5.41) is 12.9. The molecule has 0 bridgehead atoms. The second kappa shape index (κ2) is 12.8. The number of halogens is 3. The van der Waals surface area contributed by atoms with Crippen LogP contribution in [0, 0.1) is 17.1 Å². The van der Waals surface area contributed by atoms with E-state index in [0.717, 1.165) is 5.56 Å². The van der Waals surface area contributed by atoms with Gasteiger partial charge in [0, 0.05) is 38.1 Å². The molecule has 0 aliphatic carbocycles. The van der Waals surface area contributed by atoms with Crippen molar-refractivity contribution < 1.29 is 18.7 Å². The third kappa shape index (κ3) is 6.75. The molecule has 2 aromatic rings. The first kappa shape index (κ1) is 28.1. The van der Waals surface area contributed by atoms with Crippen LogP contribution in [-0.4, -0.2) is 65.5 Å². The molecule has 0 spiro atoms. The van der Waals surface area contributed by atoms with Crippen LogP contribution in [0.15, 0.2) is 42.5 Å². The minimum absolute atomic E-state index is 0.122. The fourth-order valence-electron chi connectivity index (χ4n) is 5.09. The molecule has 0 radical (unpaired) electrons. The van der Waals surface area contributed by atoms with Crippen LogP contribution in [0.1, 0.15) is 31.2 Å². The third-order valence-corrected chi connectivity index (χ3v) is 7.77. The summed E-state index contributed by atoms with van der Waals surface area (Å²) in [4.78, 5) is 30.7. The maximum Gasteiger partial charge on any atom is 0.243 e. The quantitative estimate of drug-likeness (QED) is 0.484. The lowest BCUT2D eigenvalue weighted by Crippen LogP contribution is -2.53. The van der Waals surface area contributed by atoms with Crippen LogP contribution in [0.25, 0.3) is 0 Å². The largest absolute Gasteiger partial charge is 0.492 e. The predicted molar refractivity (Wildman–Crippen MR) is 142 cm³/mol. The number of nitrogens with zero attached hydrogens (tertiary/aromatic N) is 3. The fourth-order valence-corrected chi connectivity index (χ4v) is 5.42. The summed E-state index contributed by atoms with van der Waals surface area (Å²) in [5.41, 5.74) is 7.02. The number of rotatable bonds is 9. The number of nitrogens with one attached hydrogen (secondary N) is 1. The second-order valence-corrected chi connectivity index (χ2v) is 10.4. The van der Waals surface area contributed by atoms with Crippen molar-refractivity contribution in [2.24, 2.45) is 5.73 Å². The summed E-state index contributed by atoms with van der Waals surface area (Å²) in [5.74, 6) is -0.323. The number of benzene rings is 2. The molecule has 202 valence electrons. The molecule has 0 saturated carbocycles. The number of amides is 2. The van der Waals surface area contributed by atoms with Gasteiger partial charge in [0.25, 0.3) is 0 Å². The number of nitriles is 1. The van der Waals surface area contributed by atoms with E-state index in [9.17, 15) is 19.2 Å². The van der Waals surface area contributed by atoms with Crippen LogP contribution in [0.4, 0.5) is 4.39 Å². The lowest BCUT2D eigenvalue weighted by Gasteiger charge is -2.32. The number of carbonyl (C=O) groups is 2. The van der Waals surface area contributed by atoms with Crippen molar-refractivity contribution in [3.63, 3.8) is 0 Å². The molecule has 2 aliphatic rings. The molecule has 0 aromatic heterocycles. The fraction of sp³-hybridized carbons (Fsp3) is 0.444. The summed E-state index contributed by atoms with van der Waals surface area (Å²) in [6.07, 6.45) is 1.36. The van der Waals surface area contributed by atoms with Crippen LogP contribution in [0.3, 0.4) is 0 Å². The average Bonchev–Trinajstić information content (AvgIpc) is 3.24. The molecule has 1 unspecified atom stereocenters. The molecular formula is C27H30Cl2FN5O3. The molecule has 4 rings (SSSR count). The zero-order valence-electron chi connectivity index (χ0n) is 20.8. The third-order valence-electron chi connectivity index (χ3n) is 7.03. The van der Waals surface area contributed by atoms with Crippen LogP contribution in [0.5, 0.6) is 5.75 Å². The van der Waals surface area contributed by atoms with Crippen molar-refractivity contribution in [2.45, 2.75) is 56.4 Å². The summed E-state index contributed by atoms with van der Waals surface area (Å²) >= 11 is 12.1. The molecule has 2 amide bonds. The molecule has 38 heavy (non-hydrogen) atoms. The molecule has 3 N–H and O–H groups in total. The molecule has 2 aromatic carbocycles. The van der Waals surface area contributed by atoms with Crippen molar-refractivity contribution in [2.75, 3.05) is 19.7 Å². The van der Waals surface area contributed by atoms with E-state index in [1.54, 1.807) is 35.2 Å². The maximum atomic E-state index is 13.7. The van der Waals surface area contributed by atoms with Gasteiger partial charge in [0.2, 0.25) is 11.8 Å². The van der Waals surface area contributed by atoms with Gasteiger partial charge in [0.05, 0.1) is 22.2 Å². The van der Waals surface area contributed by atoms with E-state index in [1.165, 1.54) is 12.1 Å². The molecule has 4 atom stereocenters. The van der Waals surface area contributed by atoms with E-state index in [4.69, 9.17) is 33.7 Å². The predicted octanol–water partition coefficient (Wildman–Crippen LogP) is 3.50. The van der Waals surface area contributed by atoms with E-state index in [0.29, 0.717) is 48.3 Å². The Bertz CT molecular complexity index is 1190. The number of ether oxygens (including phenoxy) is 1. The van der Waals surface area contributed by atoms with Gasteiger partial charge in [-0.05, 0) is 61.2 Å². The lowest BCUT2D eigenvalue weighted by molar-refractivity contribution is -0.143. The number of hydrogen-bond acceptors (Lipinski definition) is 6. The molecule has 2 fully saturated rings. The summed E-state index contributed by atoms with van der Waals surface area (Å²) < 4.78 is 19.2. The van der Waals surface area contributed by atoms with E-state index >= 15 is 0 Å². The molecule has 11 heteroatoms. The zero-order chi connectivity index (χ0) is 27.2. The van der Waals surface area contributed by atoms with Crippen LogP contribution in [0.2, 0.25) is 10.0 Å². The van der Waals surface area contributed by atoms with Gasteiger partial charge in [-0.3, -0.25) is 14.5 Å². The first-order valence-electron chi connectivity index (χ1n) is 12.6. The number of fused-ring (bicyclic) bond motifs is 1. The van der Waals surface area contributed by atoms with Crippen LogP contribution < -0.4 is 15.8 Å². The molecule has 2 saturated heterocycles. The van der Waals surface area contributed by atoms with Crippen molar-refractivity contribution >= 4 is 35.0 Å². The van der Waals surface area contributed by atoms with E-state index < -0.39 is 12.1 Å².